The standard InChI is InChI=1S/C13H26N2O3S/c1-11(6-10-19(2)17)15-13(16)5-9-18-12-3-7-14-8-4-12/h11-12,14H,3-10H2,1-2H3,(H,15,16). The average molecular weight is 290 g/mol. The van der Waals surface area contributed by atoms with Gasteiger partial charge in [0.1, 0.15) is 0 Å². The number of piperidine rings is 1. The van der Waals surface area contributed by atoms with Gasteiger partial charge in [-0.15, -0.1) is 0 Å². The number of hydrogen-bond acceptors (Lipinski definition) is 4. The highest BCUT2D eigenvalue weighted by molar-refractivity contribution is 7.84. The topological polar surface area (TPSA) is 67.4 Å². The molecule has 1 saturated heterocycles. The molecule has 1 aliphatic heterocycles. The largest absolute Gasteiger partial charge is 0.378 e. The van der Waals surface area contributed by atoms with E-state index in [0.717, 1.165) is 32.4 Å². The summed E-state index contributed by atoms with van der Waals surface area (Å²) in [4.78, 5) is 11.7. The summed E-state index contributed by atoms with van der Waals surface area (Å²) in [6, 6.07) is 0.0790. The van der Waals surface area contributed by atoms with Crippen LogP contribution in [0.4, 0.5) is 0 Å². The molecule has 1 heterocycles. The molecule has 1 aliphatic rings. The maximum Gasteiger partial charge on any atom is 0.222 e. The van der Waals surface area contributed by atoms with Crippen molar-refractivity contribution >= 4 is 16.7 Å². The highest BCUT2D eigenvalue weighted by Crippen LogP contribution is 2.07. The zero-order valence-corrected chi connectivity index (χ0v) is 12.8. The van der Waals surface area contributed by atoms with Crippen molar-refractivity contribution in [3.63, 3.8) is 0 Å². The van der Waals surface area contributed by atoms with E-state index in [-0.39, 0.29) is 11.9 Å². The van der Waals surface area contributed by atoms with E-state index in [9.17, 15) is 9.00 Å². The van der Waals surface area contributed by atoms with Crippen molar-refractivity contribution in [2.24, 2.45) is 0 Å². The second-order valence-corrected chi connectivity index (χ2v) is 6.66. The SMILES string of the molecule is CC(CCS(C)=O)NC(=O)CCOC1CCNCC1. The van der Waals surface area contributed by atoms with Crippen molar-refractivity contribution in [2.45, 2.75) is 44.8 Å². The van der Waals surface area contributed by atoms with Crippen LogP contribution in [-0.2, 0) is 20.3 Å². The molecule has 0 spiro atoms. The van der Waals surface area contributed by atoms with E-state index in [1.807, 2.05) is 6.92 Å². The molecule has 2 atom stereocenters. The van der Waals surface area contributed by atoms with Crippen molar-refractivity contribution in [2.75, 3.05) is 31.7 Å². The van der Waals surface area contributed by atoms with Crippen LogP contribution in [0.15, 0.2) is 0 Å². The molecule has 0 aromatic rings. The molecule has 2 unspecified atom stereocenters. The molecule has 0 aliphatic carbocycles. The monoisotopic (exact) mass is 290 g/mol. The van der Waals surface area contributed by atoms with Crippen LogP contribution < -0.4 is 10.6 Å². The molecule has 0 bridgehead atoms. The van der Waals surface area contributed by atoms with Crippen LogP contribution in [0.25, 0.3) is 0 Å². The summed E-state index contributed by atoms with van der Waals surface area (Å²) in [5.41, 5.74) is 0. The Bertz CT molecular complexity index is 294. The predicted molar refractivity (Wildman–Crippen MR) is 77.6 cm³/mol. The number of carbonyl (C=O) groups is 1. The van der Waals surface area contributed by atoms with Crippen LogP contribution in [0.5, 0.6) is 0 Å². The second kappa shape index (κ2) is 9.44. The summed E-state index contributed by atoms with van der Waals surface area (Å²) in [6.07, 6.45) is 5.20. The van der Waals surface area contributed by atoms with Crippen molar-refractivity contribution in [1.29, 1.82) is 0 Å². The first-order valence-corrected chi connectivity index (χ1v) is 8.72. The van der Waals surface area contributed by atoms with Crippen molar-refractivity contribution in [1.82, 2.24) is 10.6 Å². The van der Waals surface area contributed by atoms with E-state index in [2.05, 4.69) is 10.6 Å². The van der Waals surface area contributed by atoms with Crippen molar-refractivity contribution < 1.29 is 13.7 Å². The van der Waals surface area contributed by atoms with Gasteiger partial charge in [0.15, 0.2) is 0 Å². The Kier molecular flexibility index (Phi) is 8.25. The fourth-order valence-electron chi connectivity index (χ4n) is 2.04. The molecule has 0 radical (unpaired) electrons. The fraction of sp³-hybridized carbons (Fsp3) is 0.923. The lowest BCUT2D eigenvalue weighted by atomic mass is 10.1. The molecule has 1 amide bonds. The number of rotatable bonds is 8. The summed E-state index contributed by atoms with van der Waals surface area (Å²) in [5, 5.41) is 6.19. The first-order valence-electron chi connectivity index (χ1n) is 6.99. The number of amides is 1. The van der Waals surface area contributed by atoms with E-state index < -0.39 is 10.8 Å². The molecule has 5 nitrogen and oxygen atoms in total. The highest BCUT2D eigenvalue weighted by Gasteiger charge is 2.14. The van der Waals surface area contributed by atoms with Gasteiger partial charge < -0.3 is 15.4 Å². The van der Waals surface area contributed by atoms with E-state index >= 15 is 0 Å². The van der Waals surface area contributed by atoms with Gasteiger partial charge in [-0.2, -0.15) is 0 Å². The third kappa shape index (κ3) is 8.34. The van der Waals surface area contributed by atoms with E-state index in [1.54, 1.807) is 6.26 Å². The van der Waals surface area contributed by atoms with Gasteiger partial charge in [0, 0.05) is 35.3 Å². The van der Waals surface area contributed by atoms with E-state index in [4.69, 9.17) is 4.74 Å². The van der Waals surface area contributed by atoms with Gasteiger partial charge >= 0.3 is 0 Å². The Labute approximate surface area is 118 Å². The zero-order valence-electron chi connectivity index (χ0n) is 11.9. The summed E-state index contributed by atoms with van der Waals surface area (Å²) < 4.78 is 16.6. The highest BCUT2D eigenvalue weighted by atomic mass is 32.2. The Morgan fingerprint density at radius 3 is 2.79 bits per heavy atom. The average Bonchev–Trinajstić information content (AvgIpc) is 2.37. The predicted octanol–water partition coefficient (Wildman–Crippen LogP) is 0.418. The van der Waals surface area contributed by atoms with Crippen LogP contribution in [0, 0.1) is 0 Å². The molecule has 1 fully saturated rings. The van der Waals surface area contributed by atoms with Gasteiger partial charge in [-0.05, 0) is 39.3 Å². The smallest absolute Gasteiger partial charge is 0.222 e. The molecule has 6 heteroatoms. The first kappa shape index (κ1) is 16.6. The number of nitrogens with one attached hydrogen (secondary N) is 2. The van der Waals surface area contributed by atoms with Crippen LogP contribution in [-0.4, -0.2) is 54.0 Å². The van der Waals surface area contributed by atoms with Crippen LogP contribution in [0.3, 0.4) is 0 Å². The lowest BCUT2D eigenvalue weighted by molar-refractivity contribution is -0.123. The van der Waals surface area contributed by atoms with Gasteiger partial charge in [-0.25, -0.2) is 0 Å². The molecular formula is C13H26N2O3S. The maximum atomic E-state index is 11.7. The summed E-state index contributed by atoms with van der Waals surface area (Å²) in [7, 11) is -0.792. The maximum absolute atomic E-state index is 11.7. The van der Waals surface area contributed by atoms with Crippen LogP contribution in [0.2, 0.25) is 0 Å². The number of hydrogen-bond donors (Lipinski definition) is 2. The third-order valence-electron chi connectivity index (χ3n) is 3.21. The van der Waals surface area contributed by atoms with Gasteiger partial charge in [-0.1, -0.05) is 0 Å². The summed E-state index contributed by atoms with van der Waals surface area (Å²) in [5.74, 6) is 0.649. The molecule has 19 heavy (non-hydrogen) atoms. The fourth-order valence-corrected chi connectivity index (χ4v) is 2.73. The Balaban J connectivity index is 2.04. The van der Waals surface area contributed by atoms with Gasteiger partial charge in [-0.3, -0.25) is 9.00 Å². The molecule has 0 aromatic heterocycles. The van der Waals surface area contributed by atoms with Crippen molar-refractivity contribution in [3.05, 3.63) is 0 Å². The van der Waals surface area contributed by atoms with E-state index in [1.165, 1.54) is 0 Å². The zero-order chi connectivity index (χ0) is 14.1. The molecule has 112 valence electrons. The summed E-state index contributed by atoms with van der Waals surface area (Å²) >= 11 is 0. The minimum Gasteiger partial charge on any atom is -0.378 e. The van der Waals surface area contributed by atoms with Gasteiger partial charge in [0.05, 0.1) is 12.7 Å². The van der Waals surface area contributed by atoms with Crippen LogP contribution >= 0.6 is 0 Å². The Hall–Kier alpha value is -0.460. The van der Waals surface area contributed by atoms with Gasteiger partial charge in [0.25, 0.3) is 0 Å². The molecule has 2 N–H and O–H groups in total. The molecule has 1 rings (SSSR count). The lowest BCUT2D eigenvalue weighted by Gasteiger charge is -2.23. The first-order chi connectivity index (χ1) is 9.08. The number of carbonyl (C=O) groups excluding carboxylic acids is 1. The quantitative estimate of drug-likeness (QED) is 0.680. The number of ether oxygens (including phenoxy) is 1. The normalized spacial score (nSPS) is 19.9. The minimum atomic E-state index is -0.792. The molecule has 0 aromatic carbocycles. The van der Waals surface area contributed by atoms with Crippen molar-refractivity contribution in [3.8, 4) is 0 Å². The lowest BCUT2D eigenvalue weighted by Crippen LogP contribution is -2.35. The van der Waals surface area contributed by atoms with Crippen LogP contribution in [0.1, 0.15) is 32.6 Å². The van der Waals surface area contributed by atoms with Gasteiger partial charge in [0.2, 0.25) is 5.91 Å². The molecular weight excluding hydrogens is 264 g/mol. The Morgan fingerprint density at radius 1 is 1.47 bits per heavy atom. The summed E-state index contributed by atoms with van der Waals surface area (Å²) in [6.45, 7) is 4.44. The molecule has 0 saturated carbocycles. The minimum absolute atomic E-state index is 0.0170. The third-order valence-corrected chi connectivity index (χ3v) is 4.03. The second-order valence-electron chi connectivity index (χ2n) is 5.10. The van der Waals surface area contributed by atoms with E-state index in [0.29, 0.717) is 24.9 Å². The Morgan fingerprint density at radius 2 is 2.16 bits per heavy atom.